The predicted molar refractivity (Wildman–Crippen MR) is 89.3 cm³/mol. The summed E-state index contributed by atoms with van der Waals surface area (Å²) >= 11 is 1.93. The Morgan fingerprint density at radius 3 is 2.86 bits per heavy atom. The van der Waals surface area contributed by atoms with Gasteiger partial charge in [0.25, 0.3) is 0 Å². The van der Waals surface area contributed by atoms with E-state index in [1.165, 1.54) is 41.7 Å². The van der Waals surface area contributed by atoms with Gasteiger partial charge in [0.15, 0.2) is 0 Å². The largest absolute Gasteiger partial charge is 0.318 e. The molecule has 1 aliphatic carbocycles. The molecule has 0 bridgehead atoms. The van der Waals surface area contributed by atoms with Crippen LogP contribution in [0.15, 0.2) is 52.1 Å². The summed E-state index contributed by atoms with van der Waals surface area (Å²) in [4.78, 5) is 6.56. The van der Waals surface area contributed by atoms with Gasteiger partial charge in [0, 0.05) is 49.5 Å². The molecule has 0 N–H and O–H groups in total. The molecule has 3 nitrogen and oxygen atoms in total. The molecule has 4 heteroatoms. The Balaban J connectivity index is 1.52. The zero-order valence-electron chi connectivity index (χ0n) is 12.4. The summed E-state index contributed by atoms with van der Waals surface area (Å²) in [5.41, 5.74) is 1.38. The Kier molecular flexibility index (Phi) is 3.53. The van der Waals surface area contributed by atoms with E-state index in [1.54, 1.807) is 0 Å². The Morgan fingerprint density at radius 2 is 2.00 bits per heavy atom. The van der Waals surface area contributed by atoms with Gasteiger partial charge in [0.2, 0.25) is 0 Å². The Labute approximate surface area is 130 Å². The van der Waals surface area contributed by atoms with Crippen LogP contribution in [0, 0.1) is 0 Å². The van der Waals surface area contributed by atoms with Crippen LogP contribution in [-0.2, 0) is 0 Å². The summed E-state index contributed by atoms with van der Waals surface area (Å²) in [7, 11) is 2.22. The number of piperazine rings is 1. The number of fused-ring (bicyclic) bond motifs is 1. The highest BCUT2D eigenvalue weighted by Crippen LogP contribution is 2.39. The molecule has 0 aromatic carbocycles. The van der Waals surface area contributed by atoms with Crippen molar-refractivity contribution in [1.29, 1.82) is 0 Å². The van der Waals surface area contributed by atoms with Crippen LogP contribution in [0.3, 0.4) is 0 Å². The first kappa shape index (κ1) is 13.4. The van der Waals surface area contributed by atoms with E-state index in [1.807, 2.05) is 11.8 Å². The number of allylic oxidation sites excluding steroid dienone is 3. The van der Waals surface area contributed by atoms with E-state index in [-0.39, 0.29) is 0 Å². The van der Waals surface area contributed by atoms with Gasteiger partial charge < -0.3 is 9.47 Å². The molecule has 1 saturated heterocycles. The van der Waals surface area contributed by atoms with Crippen molar-refractivity contribution in [2.75, 3.05) is 33.2 Å². The summed E-state index contributed by atoms with van der Waals surface area (Å²) in [5.74, 6) is 0. The first-order chi connectivity index (χ1) is 10.3. The number of rotatable bonds is 1. The number of hydrogen-bond donors (Lipinski definition) is 0. The van der Waals surface area contributed by atoms with E-state index >= 15 is 0 Å². The van der Waals surface area contributed by atoms with Crippen molar-refractivity contribution in [3.05, 3.63) is 47.0 Å². The van der Waals surface area contributed by atoms with Crippen LogP contribution in [0.25, 0.3) is 6.20 Å². The van der Waals surface area contributed by atoms with E-state index in [9.17, 15) is 0 Å². The van der Waals surface area contributed by atoms with Gasteiger partial charge >= 0.3 is 0 Å². The molecule has 0 spiro atoms. The maximum Gasteiger partial charge on any atom is 0.0834 e. The molecular formula is C17H21N3S. The molecule has 0 radical (unpaired) electrons. The predicted octanol–water partition coefficient (Wildman–Crippen LogP) is 2.89. The van der Waals surface area contributed by atoms with Crippen molar-refractivity contribution in [3.8, 4) is 0 Å². The third-order valence-corrected chi connectivity index (χ3v) is 5.81. The first-order valence-corrected chi connectivity index (χ1v) is 8.48. The second-order valence-corrected chi connectivity index (χ2v) is 7.14. The third-order valence-electron chi connectivity index (χ3n) is 4.60. The van der Waals surface area contributed by atoms with Crippen molar-refractivity contribution < 1.29 is 0 Å². The SMILES string of the molecule is CN1CCN(C2C=CC3=C(C2)Sc2cccn2C=C3)CC1. The zero-order valence-corrected chi connectivity index (χ0v) is 13.2. The lowest BCUT2D eigenvalue weighted by molar-refractivity contribution is 0.130. The minimum atomic E-state index is 0.569. The summed E-state index contributed by atoms with van der Waals surface area (Å²) < 4.78 is 2.21. The van der Waals surface area contributed by atoms with Crippen molar-refractivity contribution in [2.45, 2.75) is 17.5 Å². The standard InChI is InChI=1S/C17H21N3S/c1-18-9-11-19(12-10-18)15-5-4-14-6-8-20-7-2-3-17(20)21-16(14)13-15/h2-8,15H,9-13H2,1H3. The second kappa shape index (κ2) is 5.52. The smallest absolute Gasteiger partial charge is 0.0834 e. The fourth-order valence-corrected chi connectivity index (χ4v) is 4.35. The van der Waals surface area contributed by atoms with E-state index in [0.29, 0.717) is 6.04 Å². The van der Waals surface area contributed by atoms with Crippen LogP contribution in [0.2, 0.25) is 0 Å². The minimum Gasteiger partial charge on any atom is -0.318 e. The van der Waals surface area contributed by atoms with Crippen molar-refractivity contribution in [1.82, 2.24) is 14.4 Å². The summed E-state index contributed by atoms with van der Waals surface area (Å²) in [6, 6.07) is 4.89. The molecule has 0 amide bonds. The maximum atomic E-state index is 2.63. The fourth-order valence-electron chi connectivity index (χ4n) is 3.21. The van der Waals surface area contributed by atoms with Crippen LogP contribution in [-0.4, -0.2) is 53.6 Å². The lowest BCUT2D eigenvalue weighted by Gasteiger charge is -2.38. The highest BCUT2D eigenvalue weighted by molar-refractivity contribution is 8.03. The van der Waals surface area contributed by atoms with E-state index in [2.05, 4.69) is 64.2 Å². The molecule has 1 unspecified atom stereocenters. The molecule has 4 rings (SSSR count). The monoisotopic (exact) mass is 299 g/mol. The molecule has 1 aromatic heterocycles. The van der Waals surface area contributed by atoms with Gasteiger partial charge in [0.1, 0.15) is 0 Å². The normalized spacial score (nSPS) is 26.6. The van der Waals surface area contributed by atoms with Gasteiger partial charge in [-0.1, -0.05) is 23.9 Å². The zero-order chi connectivity index (χ0) is 14.2. The van der Waals surface area contributed by atoms with Crippen LogP contribution in [0.4, 0.5) is 0 Å². The van der Waals surface area contributed by atoms with E-state index in [0.717, 1.165) is 6.42 Å². The van der Waals surface area contributed by atoms with Crippen LogP contribution < -0.4 is 0 Å². The molecule has 21 heavy (non-hydrogen) atoms. The average Bonchev–Trinajstić information content (AvgIpc) is 2.87. The quantitative estimate of drug-likeness (QED) is 0.790. The lowest BCUT2D eigenvalue weighted by atomic mass is 10.0. The lowest BCUT2D eigenvalue weighted by Crippen LogP contribution is -2.48. The van der Waals surface area contributed by atoms with Crippen LogP contribution in [0.5, 0.6) is 0 Å². The van der Waals surface area contributed by atoms with E-state index < -0.39 is 0 Å². The van der Waals surface area contributed by atoms with Crippen LogP contribution >= 0.6 is 11.8 Å². The first-order valence-electron chi connectivity index (χ1n) is 7.66. The molecule has 3 aliphatic rings. The Hall–Kier alpha value is -1.23. The van der Waals surface area contributed by atoms with Gasteiger partial charge in [-0.2, -0.15) is 0 Å². The van der Waals surface area contributed by atoms with Gasteiger partial charge in [-0.15, -0.1) is 0 Å². The molecule has 1 atom stereocenters. The second-order valence-electron chi connectivity index (χ2n) is 6.02. The summed E-state index contributed by atoms with van der Waals surface area (Å²) in [6.45, 7) is 4.74. The number of aromatic nitrogens is 1. The number of nitrogens with zero attached hydrogens (tertiary/aromatic N) is 3. The Morgan fingerprint density at radius 1 is 1.14 bits per heavy atom. The molecule has 3 heterocycles. The van der Waals surface area contributed by atoms with Gasteiger partial charge in [-0.25, -0.2) is 0 Å². The van der Waals surface area contributed by atoms with Gasteiger partial charge in [-0.3, -0.25) is 4.90 Å². The van der Waals surface area contributed by atoms with E-state index in [4.69, 9.17) is 0 Å². The fraction of sp³-hybridized carbons (Fsp3) is 0.412. The topological polar surface area (TPSA) is 11.4 Å². The van der Waals surface area contributed by atoms with Gasteiger partial charge in [0.05, 0.1) is 5.03 Å². The highest BCUT2D eigenvalue weighted by Gasteiger charge is 2.25. The summed E-state index contributed by atoms with van der Waals surface area (Å²) in [6.07, 6.45) is 12.4. The molecule has 2 aliphatic heterocycles. The maximum absolute atomic E-state index is 2.63. The molecular weight excluding hydrogens is 278 g/mol. The van der Waals surface area contributed by atoms with Gasteiger partial charge in [-0.05, 0) is 37.3 Å². The molecule has 0 saturated carbocycles. The molecule has 110 valence electrons. The molecule has 1 fully saturated rings. The number of thioether (sulfide) groups is 1. The minimum absolute atomic E-state index is 0.569. The van der Waals surface area contributed by atoms with Crippen molar-refractivity contribution in [3.63, 3.8) is 0 Å². The number of likely N-dealkylation sites (N-methyl/N-ethyl adjacent to an activating group) is 1. The highest BCUT2D eigenvalue weighted by atomic mass is 32.2. The number of hydrogen-bond acceptors (Lipinski definition) is 3. The molecule has 1 aromatic rings. The third kappa shape index (κ3) is 2.63. The average molecular weight is 299 g/mol. The van der Waals surface area contributed by atoms with Crippen molar-refractivity contribution >= 4 is 18.0 Å². The van der Waals surface area contributed by atoms with Crippen LogP contribution in [0.1, 0.15) is 6.42 Å². The summed E-state index contributed by atoms with van der Waals surface area (Å²) in [5, 5.41) is 1.32. The Bertz CT molecular complexity index is 618. The van der Waals surface area contributed by atoms with Crippen molar-refractivity contribution in [2.24, 2.45) is 0 Å².